The second kappa shape index (κ2) is 7.22. The number of benzene rings is 1. The lowest BCUT2D eigenvalue weighted by Crippen LogP contribution is -2.15. The van der Waals surface area contributed by atoms with Gasteiger partial charge < -0.3 is 9.47 Å². The fourth-order valence-corrected chi connectivity index (χ4v) is 1.61. The van der Waals surface area contributed by atoms with Gasteiger partial charge in [-0.1, -0.05) is 0 Å². The van der Waals surface area contributed by atoms with E-state index < -0.39 is 23.0 Å². The average Bonchev–Trinajstić information content (AvgIpc) is 2.38. The summed E-state index contributed by atoms with van der Waals surface area (Å²) in [6.07, 6.45) is -0.946. The van der Waals surface area contributed by atoms with E-state index in [1.165, 1.54) is 31.2 Å². The molecule has 1 atom stereocenters. The molecule has 0 saturated carbocycles. The summed E-state index contributed by atoms with van der Waals surface area (Å²) in [6, 6.07) is 5.48. The molecule has 0 N–H and O–H groups in total. The summed E-state index contributed by atoms with van der Waals surface area (Å²) in [5.41, 5.74) is 0.422. The highest BCUT2D eigenvalue weighted by atomic mass is 16.6. The van der Waals surface area contributed by atoms with E-state index in [1.54, 1.807) is 6.92 Å². The van der Waals surface area contributed by atoms with Gasteiger partial charge in [0.2, 0.25) is 0 Å². The van der Waals surface area contributed by atoms with Gasteiger partial charge in [-0.15, -0.1) is 0 Å². The Morgan fingerprint density at radius 3 is 2.35 bits per heavy atom. The van der Waals surface area contributed by atoms with E-state index in [0.717, 1.165) is 0 Å². The van der Waals surface area contributed by atoms with Crippen LogP contribution in [0.4, 0.5) is 5.69 Å². The van der Waals surface area contributed by atoms with Crippen molar-refractivity contribution in [3.05, 3.63) is 39.9 Å². The van der Waals surface area contributed by atoms with Crippen LogP contribution in [-0.2, 0) is 19.1 Å². The molecule has 108 valence electrons. The Morgan fingerprint density at radius 2 is 1.90 bits per heavy atom. The summed E-state index contributed by atoms with van der Waals surface area (Å²) in [5.74, 6) is -1.05. The normalized spacial score (nSPS) is 11.5. The fourth-order valence-electron chi connectivity index (χ4n) is 1.61. The van der Waals surface area contributed by atoms with Crippen molar-refractivity contribution >= 4 is 17.6 Å². The van der Waals surface area contributed by atoms with Crippen LogP contribution in [0, 0.1) is 10.1 Å². The number of nitrogens with zero attached hydrogens (tertiary/aromatic N) is 1. The first kappa shape index (κ1) is 15.6. The summed E-state index contributed by atoms with van der Waals surface area (Å²) in [4.78, 5) is 32.6. The summed E-state index contributed by atoms with van der Waals surface area (Å²) < 4.78 is 9.84. The number of hydrogen-bond donors (Lipinski definition) is 0. The molecule has 1 rings (SSSR count). The first-order valence-corrected chi connectivity index (χ1v) is 6.01. The molecule has 0 heterocycles. The molecule has 0 aliphatic rings. The van der Waals surface area contributed by atoms with Crippen LogP contribution in [0.1, 0.15) is 31.9 Å². The molecule has 0 amide bonds. The van der Waals surface area contributed by atoms with Crippen LogP contribution in [0.25, 0.3) is 0 Å². The number of carbonyl (C=O) groups is 2. The van der Waals surface area contributed by atoms with E-state index in [-0.39, 0.29) is 18.7 Å². The molecule has 20 heavy (non-hydrogen) atoms. The Hall–Kier alpha value is -2.44. The predicted octanol–water partition coefficient (Wildman–Crippen LogP) is 2.15. The second-order valence-electron chi connectivity index (χ2n) is 3.96. The van der Waals surface area contributed by atoms with Crippen molar-refractivity contribution in [1.29, 1.82) is 0 Å². The van der Waals surface area contributed by atoms with Gasteiger partial charge >= 0.3 is 11.9 Å². The summed E-state index contributed by atoms with van der Waals surface area (Å²) in [6.45, 7) is 3.13. The van der Waals surface area contributed by atoms with Crippen LogP contribution >= 0.6 is 0 Å². The van der Waals surface area contributed by atoms with Crippen molar-refractivity contribution in [3.63, 3.8) is 0 Å². The molecule has 7 heteroatoms. The van der Waals surface area contributed by atoms with Crippen molar-refractivity contribution in [2.24, 2.45) is 0 Å². The van der Waals surface area contributed by atoms with Crippen LogP contribution in [0.5, 0.6) is 0 Å². The molecule has 1 aromatic rings. The van der Waals surface area contributed by atoms with Crippen LogP contribution in [0.15, 0.2) is 24.3 Å². The number of rotatable bonds is 6. The Labute approximate surface area is 115 Å². The number of esters is 2. The lowest BCUT2D eigenvalue weighted by molar-refractivity contribution is -0.384. The topological polar surface area (TPSA) is 95.7 Å². The van der Waals surface area contributed by atoms with Crippen LogP contribution < -0.4 is 0 Å². The number of carbonyl (C=O) groups excluding carboxylic acids is 2. The molecule has 1 aromatic carbocycles. The highest BCUT2D eigenvalue weighted by Gasteiger charge is 2.20. The highest BCUT2D eigenvalue weighted by Crippen LogP contribution is 2.24. The Bertz CT molecular complexity index is 496. The van der Waals surface area contributed by atoms with Gasteiger partial charge in [-0.2, -0.15) is 0 Å². The number of ether oxygens (including phenoxy) is 2. The van der Waals surface area contributed by atoms with E-state index in [0.29, 0.717) is 5.56 Å². The Morgan fingerprint density at radius 1 is 1.30 bits per heavy atom. The van der Waals surface area contributed by atoms with Gasteiger partial charge in [0.15, 0.2) is 0 Å². The Balaban J connectivity index is 2.89. The van der Waals surface area contributed by atoms with Gasteiger partial charge in [0.1, 0.15) is 6.10 Å². The van der Waals surface area contributed by atoms with Gasteiger partial charge in [-0.25, -0.2) is 0 Å². The number of nitro groups is 1. The minimum atomic E-state index is -0.813. The molecule has 0 aliphatic carbocycles. The third-order valence-corrected chi connectivity index (χ3v) is 2.44. The van der Waals surface area contributed by atoms with Gasteiger partial charge in [0.25, 0.3) is 5.69 Å². The lowest BCUT2D eigenvalue weighted by atomic mass is 10.1. The molecule has 0 aromatic heterocycles. The molecule has 0 radical (unpaired) electrons. The first-order chi connectivity index (χ1) is 9.43. The molecule has 0 spiro atoms. The van der Waals surface area contributed by atoms with E-state index in [2.05, 4.69) is 0 Å². The zero-order chi connectivity index (χ0) is 15.1. The summed E-state index contributed by atoms with van der Waals surface area (Å²) in [5, 5.41) is 10.6. The van der Waals surface area contributed by atoms with Crippen LogP contribution in [0.3, 0.4) is 0 Å². The molecule has 0 fully saturated rings. The molecule has 7 nitrogen and oxygen atoms in total. The largest absolute Gasteiger partial charge is 0.466 e. The van der Waals surface area contributed by atoms with Crippen molar-refractivity contribution in [1.82, 2.24) is 0 Å². The van der Waals surface area contributed by atoms with E-state index in [4.69, 9.17) is 9.47 Å². The van der Waals surface area contributed by atoms with E-state index >= 15 is 0 Å². The third kappa shape index (κ3) is 4.68. The maximum Gasteiger partial charge on any atom is 0.309 e. The molecule has 0 saturated heterocycles. The SMILES string of the molecule is CCOC(=O)C[C@H](OC(C)=O)c1ccc([N+](=O)[O-])cc1. The van der Waals surface area contributed by atoms with Crippen molar-refractivity contribution in [3.8, 4) is 0 Å². The van der Waals surface area contributed by atoms with Crippen LogP contribution in [-0.4, -0.2) is 23.5 Å². The van der Waals surface area contributed by atoms with Crippen LogP contribution in [0.2, 0.25) is 0 Å². The number of hydrogen-bond acceptors (Lipinski definition) is 6. The second-order valence-corrected chi connectivity index (χ2v) is 3.96. The molecular formula is C13H15NO6. The van der Waals surface area contributed by atoms with E-state index in [9.17, 15) is 19.7 Å². The zero-order valence-electron chi connectivity index (χ0n) is 11.2. The smallest absolute Gasteiger partial charge is 0.309 e. The highest BCUT2D eigenvalue weighted by molar-refractivity contribution is 5.72. The molecule has 0 unspecified atom stereocenters. The molecule has 0 aliphatic heterocycles. The van der Waals surface area contributed by atoms with E-state index in [1.807, 2.05) is 0 Å². The molecular weight excluding hydrogens is 266 g/mol. The van der Waals surface area contributed by atoms with Crippen molar-refractivity contribution in [2.45, 2.75) is 26.4 Å². The fraction of sp³-hybridized carbons (Fsp3) is 0.385. The minimum Gasteiger partial charge on any atom is -0.466 e. The van der Waals surface area contributed by atoms with Gasteiger partial charge in [-0.3, -0.25) is 19.7 Å². The minimum absolute atomic E-state index is 0.0774. The molecule has 0 bridgehead atoms. The number of non-ortho nitro benzene ring substituents is 1. The third-order valence-electron chi connectivity index (χ3n) is 2.44. The van der Waals surface area contributed by atoms with Gasteiger partial charge in [0, 0.05) is 19.1 Å². The standard InChI is InChI=1S/C13H15NO6/c1-3-19-13(16)8-12(20-9(2)15)10-4-6-11(7-5-10)14(17)18/h4-7,12H,3,8H2,1-2H3/t12-/m0/s1. The summed E-state index contributed by atoms with van der Waals surface area (Å²) >= 11 is 0. The average molecular weight is 281 g/mol. The lowest BCUT2D eigenvalue weighted by Gasteiger charge is -2.16. The van der Waals surface area contributed by atoms with Crippen molar-refractivity contribution < 1.29 is 24.0 Å². The summed E-state index contributed by atoms with van der Waals surface area (Å²) in [7, 11) is 0. The van der Waals surface area contributed by atoms with Gasteiger partial charge in [0.05, 0.1) is 18.0 Å². The predicted molar refractivity (Wildman–Crippen MR) is 68.9 cm³/mol. The zero-order valence-corrected chi connectivity index (χ0v) is 11.2. The number of nitro benzene ring substituents is 1. The monoisotopic (exact) mass is 281 g/mol. The Kier molecular flexibility index (Phi) is 5.64. The first-order valence-electron chi connectivity index (χ1n) is 6.01. The van der Waals surface area contributed by atoms with Gasteiger partial charge in [-0.05, 0) is 24.6 Å². The maximum atomic E-state index is 11.5. The maximum absolute atomic E-state index is 11.5. The quantitative estimate of drug-likeness (QED) is 0.450. The van der Waals surface area contributed by atoms with Crippen molar-refractivity contribution in [2.75, 3.05) is 6.61 Å².